The van der Waals surface area contributed by atoms with Crippen molar-refractivity contribution in [3.63, 3.8) is 0 Å². The first kappa shape index (κ1) is 31.2. The smallest absolute Gasteiger partial charge is 0.228 e. The molecule has 0 aromatic carbocycles. The monoisotopic (exact) mass is 603 g/mol. The molecule has 220 valence electrons. The van der Waals surface area contributed by atoms with Gasteiger partial charge in [-0.3, -0.25) is 4.79 Å². The number of aryl methyl sites for hydroxylation is 2. The highest BCUT2D eigenvalue weighted by molar-refractivity contribution is 7.16. The first-order valence-electron chi connectivity index (χ1n) is 14.1. The second kappa shape index (κ2) is 13.9. The lowest BCUT2D eigenvalue weighted by Crippen LogP contribution is -2.30. The van der Waals surface area contributed by atoms with Crippen LogP contribution in [0.2, 0.25) is 0 Å². The van der Waals surface area contributed by atoms with Crippen LogP contribution in [-0.2, 0) is 6.42 Å². The molecule has 3 aromatic heterocycles. The molecule has 4 heterocycles. The molecule has 2 atom stereocenters. The fourth-order valence-electron chi connectivity index (χ4n) is 5.67. The summed E-state index contributed by atoms with van der Waals surface area (Å²) in [6.07, 6.45) is 13.9. The van der Waals surface area contributed by atoms with Crippen LogP contribution in [0.5, 0.6) is 5.88 Å². The average Bonchev–Trinajstić information content (AvgIpc) is 3.72. The second-order valence-corrected chi connectivity index (χ2v) is 12.7. The van der Waals surface area contributed by atoms with Crippen molar-refractivity contribution in [1.82, 2.24) is 19.9 Å². The number of likely N-dealkylation sites (N-methyl/N-ethyl adjacent to an activating group) is 1. The molecule has 0 radical (unpaired) electrons. The third-order valence-electron chi connectivity index (χ3n) is 7.79. The molecule has 1 saturated heterocycles. The summed E-state index contributed by atoms with van der Waals surface area (Å²) in [4.78, 5) is 31.3. The van der Waals surface area contributed by atoms with E-state index in [4.69, 9.17) is 16.2 Å². The van der Waals surface area contributed by atoms with E-state index in [2.05, 4.69) is 45.8 Å². The minimum Gasteiger partial charge on any atom is -0.476 e. The number of carbonyl (C=O) groups is 1. The van der Waals surface area contributed by atoms with E-state index >= 15 is 0 Å². The number of nitrogens with two attached hydrogens (primary N) is 2. The summed E-state index contributed by atoms with van der Waals surface area (Å²) in [6.45, 7) is 5.47. The van der Waals surface area contributed by atoms with Crippen LogP contribution < -0.4 is 16.2 Å². The number of thiazole rings is 1. The summed E-state index contributed by atoms with van der Waals surface area (Å²) in [5.41, 5.74) is 16.6. The van der Waals surface area contributed by atoms with Gasteiger partial charge in [0.05, 0.1) is 16.3 Å². The first-order chi connectivity index (χ1) is 20.3. The molecule has 0 saturated carbocycles. The Kier molecular flexibility index (Phi) is 10.3. The van der Waals surface area contributed by atoms with Crippen LogP contribution in [0, 0.1) is 31.1 Å². The van der Waals surface area contributed by atoms with Crippen molar-refractivity contribution in [3.8, 4) is 36.2 Å². The second-order valence-electron chi connectivity index (χ2n) is 10.5. The van der Waals surface area contributed by atoms with Gasteiger partial charge < -0.3 is 21.1 Å². The van der Waals surface area contributed by atoms with Gasteiger partial charge in [-0.2, -0.15) is 10.2 Å². The Morgan fingerprint density at radius 2 is 2.02 bits per heavy atom. The molecule has 9 nitrogen and oxygen atoms in total. The highest BCUT2D eigenvalue weighted by Crippen LogP contribution is 2.45. The van der Waals surface area contributed by atoms with Gasteiger partial charge in [-0.1, -0.05) is 13.3 Å². The van der Waals surface area contributed by atoms with Crippen molar-refractivity contribution >= 4 is 33.5 Å². The summed E-state index contributed by atoms with van der Waals surface area (Å²) in [5.74, 6) is -0.156. The van der Waals surface area contributed by atoms with Crippen LogP contribution in [0.15, 0.2) is 22.7 Å². The summed E-state index contributed by atoms with van der Waals surface area (Å²) >= 11 is 2.98. The summed E-state index contributed by atoms with van der Waals surface area (Å²) in [5, 5.41) is 13.2. The van der Waals surface area contributed by atoms with E-state index in [-0.39, 0.29) is 17.5 Å². The van der Waals surface area contributed by atoms with Crippen molar-refractivity contribution in [3.05, 3.63) is 49.6 Å². The Bertz CT molecular complexity index is 1530. The number of likely N-dealkylation sites (tertiary alicyclic amines) is 1. The number of aromatic nitrogens is 3. The van der Waals surface area contributed by atoms with Gasteiger partial charge in [-0.25, -0.2) is 9.97 Å². The molecule has 1 aliphatic carbocycles. The fourth-order valence-corrected chi connectivity index (χ4v) is 7.40. The lowest BCUT2D eigenvalue weighted by molar-refractivity contribution is 0.101. The van der Waals surface area contributed by atoms with Gasteiger partial charge in [0.2, 0.25) is 17.5 Å². The Labute approximate surface area is 255 Å². The number of thiophene rings is 1. The number of anilines is 1. The van der Waals surface area contributed by atoms with E-state index in [1.807, 2.05) is 19.2 Å². The zero-order valence-corrected chi connectivity index (χ0v) is 26.0. The molecule has 0 amide bonds. The molecule has 1 fully saturated rings. The molecular weight excluding hydrogens is 567 g/mol. The molecule has 11 heteroatoms. The Morgan fingerprint density at radius 1 is 1.24 bits per heavy atom. The Morgan fingerprint density at radius 3 is 2.67 bits per heavy atom. The van der Waals surface area contributed by atoms with Gasteiger partial charge in [-0.15, -0.1) is 35.5 Å². The lowest BCUT2D eigenvalue weighted by atomic mass is 9.80. The standard InChI is InChI=1S/C29H35N7O2S2.C2H2/c1-4-7-19(26(31)18-9-5-10-23-25(18)20(13-30)28(32)40-23)27(37)29-34-21(22-15-39-16(2)33-22)12-24(35-29)38-14-17-8-6-11-36(17)3;1-2/h12,15,17-18H,4-11,14,31-32H2,1-3H3;1-2H/b26-19-;/t17-,18-;/m0./s1. The maximum absolute atomic E-state index is 14.1. The number of nitrogen functional groups attached to an aromatic ring is 1. The fraction of sp³-hybridized carbons (Fsp3) is 0.452. The number of nitriles is 1. The van der Waals surface area contributed by atoms with E-state index in [0.717, 1.165) is 60.5 Å². The van der Waals surface area contributed by atoms with Crippen LogP contribution in [0.25, 0.3) is 11.4 Å². The van der Waals surface area contributed by atoms with Crippen molar-refractivity contribution in [2.24, 2.45) is 5.73 Å². The van der Waals surface area contributed by atoms with Gasteiger partial charge in [0, 0.05) is 39.6 Å². The van der Waals surface area contributed by atoms with E-state index < -0.39 is 0 Å². The molecule has 0 spiro atoms. The van der Waals surface area contributed by atoms with E-state index in [1.165, 1.54) is 22.7 Å². The largest absolute Gasteiger partial charge is 0.476 e. The van der Waals surface area contributed by atoms with E-state index in [9.17, 15) is 10.1 Å². The number of hydrogen-bond acceptors (Lipinski definition) is 11. The number of carbonyl (C=O) groups excluding carboxylic acids is 1. The van der Waals surface area contributed by atoms with Crippen molar-refractivity contribution in [2.75, 3.05) is 25.9 Å². The first-order valence-corrected chi connectivity index (χ1v) is 15.8. The number of terminal acetylenes is 1. The van der Waals surface area contributed by atoms with Gasteiger partial charge in [-0.05, 0) is 64.6 Å². The number of hydrogen-bond donors (Lipinski definition) is 2. The number of rotatable bonds is 9. The van der Waals surface area contributed by atoms with Crippen molar-refractivity contribution in [2.45, 2.75) is 70.8 Å². The third-order valence-corrected chi connectivity index (χ3v) is 9.65. The third kappa shape index (κ3) is 6.49. The van der Waals surface area contributed by atoms with Crippen LogP contribution in [-0.4, -0.2) is 51.9 Å². The molecule has 0 unspecified atom stereocenters. The van der Waals surface area contributed by atoms with E-state index in [1.54, 1.807) is 6.07 Å². The van der Waals surface area contributed by atoms with Crippen LogP contribution in [0.4, 0.5) is 5.00 Å². The number of ketones is 1. The maximum Gasteiger partial charge on any atom is 0.228 e. The SMILES string of the molecule is C#C.CCC/C(C(=O)c1nc(OC[C@@H]2CCCN2C)cc(-c2csc(C)n2)n1)=C(/N)[C@H]1CCCc2sc(N)c(C#N)c21. The Hall–Kier alpha value is -3.77. The highest BCUT2D eigenvalue weighted by atomic mass is 32.1. The van der Waals surface area contributed by atoms with Crippen LogP contribution in [0.3, 0.4) is 0 Å². The number of nitrogens with zero attached hydrogens (tertiary/aromatic N) is 5. The van der Waals surface area contributed by atoms with Gasteiger partial charge in [0.15, 0.2) is 0 Å². The minimum absolute atomic E-state index is 0.0469. The molecule has 3 aromatic rings. The molecule has 5 rings (SSSR count). The van der Waals surface area contributed by atoms with Crippen LogP contribution >= 0.6 is 22.7 Å². The predicted octanol–water partition coefficient (Wildman–Crippen LogP) is 5.46. The molecule has 0 bridgehead atoms. The number of ether oxygens (including phenoxy) is 1. The summed E-state index contributed by atoms with van der Waals surface area (Å²) < 4.78 is 6.15. The number of Topliss-reactive ketones (excluding diaryl/α,β-unsaturated/α-hetero) is 1. The zero-order valence-electron chi connectivity index (χ0n) is 24.4. The topological polar surface area (TPSA) is 144 Å². The minimum atomic E-state index is -0.315. The van der Waals surface area contributed by atoms with Gasteiger partial charge >= 0.3 is 0 Å². The molecular formula is C31H37N7O2S2. The van der Waals surface area contributed by atoms with Gasteiger partial charge in [0.25, 0.3) is 0 Å². The maximum atomic E-state index is 14.1. The van der Waals surface area contributed by atoms with Gasteiger partial charge in [0.1, 0.15) is 23.4 Å². The molecule has 2 aliphatic rings. The lowest BCUT2D eigenvalue weighted by Gasteiger charge is -2.25. The normalized spacial score (nSPS) is 18.8. The van der Waals surface area contributed by atoms with Crippen molar-refractivity contribution in [1.29, 1.82) is 5.26 Å². The Balaban J connectivity index is 0.00000198. The highest BCUT2D eigenvalue weighted by Gasteiger charge is 2.32. The molecule has 4 N–H and O–H groups in total. The quantitative estimate of drug-likeness (QED) is 0.185. The molecule has 42 heavy (non-hydrogen) atoms. The zero-order chi connectivity index (χ0) is 30.4. The number of fused-ring (bicyclic) bond motifs is 1. The number of allylic oxidation sites excluding steroid dienone is 2. The summed E-state index contributed by atoms with van der Waals surface area (Å²) in [6, 6.07) is 4.33. The van der Waals surface area contributed by atoms with Crippen LogP contribution in [0.1, 0.15) is 83.0 Å². The predicted molar refractivity (Wildman–Crippen MR) is 168 cm³/mol. The van der Waals surface area contributed by atoms with E-state index in [0.29, 0.717) is 58.2 Å². The molecule has 1 aliphatic heterocycles. The van der Waals surface area contributed by atoms with Crippen molar-refractivity contribution < 1.29 is 9.53 Å². The summed E-state index contributed by atoms with van der Waals surface area (Å²) in [7, 11) is 2.10. The average molecular weight is 604 g/mol.